The maximum Gasteiger partial charge on any atom is 0.242 e. The van der Waals surface area contributed by atoms with Gasteiger partial charge < -0.3 is 20.5 Å². The summed E-state index contributed by atoms with van der Waals surface area (Å²) < 4.78 is 6.91. The van der Waals surface area contributed by atoms with E-state index in [2.05, 4.69) is 5.10 Å². The van der Waals surface area contributed by atoms with Crippen molar-refractivity contribution in [1.29, 1.82) is 0 Å². The number of aliphatic hydroxyl groups is 1. The smallest absolute Gasteiger partial charge is 0.242 e. The average molecular weight is 355 g/mol. The number of aliphatic hydroxyl groups excluding tert-OH is 1. The molecule has 0 bridgehead atoms. The highest BCUT2D eigenvalue weighted by Gasteiger charge is 2.22. The van der Waals surface area contributed by atoms with E-state index in [-0.39, 0.29) is 18.3 Å². The molecule has 0 radical (unpaired) electrons. The minimum atomic E-state index is -0.923. The molecule has 2 aromatic rings. The molecule has 0 saturated heterocycles. The molecule has 1 aromatic heterocycles. The summed E-state index contributed by atoms with van der Waals surface area (Å²) >= 11 is 0. The lowest BCUT2D eigenvalue weighted by Crippen LogP contribution is -2.47. The molecule has 2 atom stereocenters. The number of carbonyl (C=O) groups excluding carboxylic acids is 1. The van der Waals surface area contributed by atoms with Crippen molar-refractivity contribution < 1.29 is 14.6 Å². The van der Waals surface area contributed by atoms with Crippen LogP contribution in [0.25, 0.3) is 5.69 Å². The fraction of sp³-hybridized carbons (Fsp3) is 0.375. The molecule has 1 aromatic carbocycles. The second-order valence-corrected chi connectivity index (χ2v) is 5.46. The molecule has 0 spiro atoms. The first-order valence-electron chi connectivity index (χ1n) is 7.29. The van der Waals surface area contributed by atoms with Crippen LogP contribution in [0.3, 0.4) is 0 Å². The number of rotatable bonds is 6. The molecule has 1 amide bonds. The third-order valence-electron chi connectivity index (χ3n) is 3.55. The van der Waals surface area contributed by atoms with E-state index < -0.39 is 12.1 Å². The van der Waals surface area contributed by atoms with Gasteiger partial charge in [-0.1, -0.05) is 6.07 Å². The van der Waals surface area contributed by atoms with Crippen molar-refractivity contribution in [2.75, 3.05) is 14.2 Å². The second-order valence-electron chi connectivity index (χ2n) is 5.46. The Morgan fingerprint density at radius 2 is 2.21 bits per heavy atom. The molecule has 0 aliphatic heterocycles. The molecule has 0 unspecified atom stereocenters. The molecule has 1 heterocycles. The molecule has 3 N–H and O–H groups in total. The molecule has 8 heteroatoms. The van der Waals surface area contributed by atoms with Crippen LogP contribution in [0.2, 0.25) is 0 Å². The van der Waals surface area contributed by atoms with Crippen molar-refractivity contribution in [3.05, 3.63) is 42.2 Å². The lowest BCUT2D eigenvalue weighted by atomic mass is 10.1. The van der Waals surface area contributed by atoms with Crippen molar-refractivity contribution >= 4 is 18.3 Å². The lowest BCUT2D eigenvalue weighted by Gasteiger charge is -2.22. The first-order chi connectivity index (χ1) is 10.9. The first kappa shape index (κ1) is 20.0. The van der Waals surface area contributed by atoms with E-state index in [1.165, 1.54) is 11.8 Å². The first-order valence-corrected chi connectivity index (χ1v) is 7.29. The van der Waals surface area contributed by atoms with Gasteiger partial charge in [0.25, 0.3) is 0 Å². The van der Waals surface area contributed by atoms with Crippen LogP contribution in [-0.2, 0) is 11.3 Å². The number of amides is 1. The summed E-state index contributed by atoms with van der Waals surface area (Å²) in [6.45, 7) is 1.86. The highest BCUT2D eigenvalue weighted by Crippen LogP contribution is 2.16. The summed E-state index contributed by atoms with van der Waals surface area (Å²) in [5.74, 6) is 0.434. The number of ether oxygens (including phenoxy) is 1. The number of likely N-dealkylation sites (N-methyl/N-ethyl adjacent to an activating group) is 1. The molecule has 0 aliphatic rings. The van der Waals surface area contributed by atoms with Gasteiger partial charge in [-0.15, -0.1) is 12.4 Å². The van der Waals surface area contributed by atoms with Crippen molar-refractivity contribution in [2.45, 2.75) is 25.6 Å². The summed E-state index contributed by atoms with van der Waals surface area (Å²) in [5.41, 5.74) is 7.40. The molecule has 24 heavy (non-hydrogen) atoms. The molecule has 2 rings (SSSR count). The van der Waals surface area contributed by atoms with Crippen LogP contribution >= 0.6 is 12.4 Å². The summed E-state index contributed by atoms with van der Waals surface area (Å²) in [5, 5.41) is 13.7. The number of aromatic nitrogens is 2. The van der Waals surface area contributed by atoms with E-state index in [1.807, 2.05) is 30.5 Å². The van der Waals surface area contributed by atoms with E-state index in [9.17, 15) is 9.90 Å². The van der Waals surface area contributed by atoms with Gasteiger partial charge in [0.15, 0.2) is 0 Å². The van der Waals surface area contributed by atoms with Crippen LogP contribution in [0.5, 0.6) is 5.75 Å². The SMILES string of the molecule is COc1cccc(-n2cc(CN(C)C(=O)[C@@H](N)[C@@H](C)O)cn2)c1.Cl. The molecular formula is C16H23ClN4O3. The second kappa shape index (κ2) is 8.68. The van der Waals surface area contributed by atoms with Gasteiger partial charge in [0.2, 0.25) is 5.91 Å². The zero-order valence-corrected chi connectivity index (χ0v) is 14.7. The Labute approximate surface area is 147 Å². The quantitative estimate of drug-likeness (QED) is 0.806. The molecule has 132 valence electrons. The van der Waals surface area contributed by atoms with Gasteiger partial charge in [0.1, 0.15) is 11.8 Å². The summed E-state index contributed by atoms with van der Waals surface area (Å²) in [6, 6.07) is 6.60. The number of nitrogens with zero attached hydrogens (tertiary/aromatic N) is 3. The topological polar surface area (TPSA) is 93.6 Å². The maximum absolute atomic E-state index is 12.0. The van der Waals surface area contributed by atoms with Crippen LogP contribution in [0.15, 0.2) is 36.7 Å². The van der Waals surface area contributed by atoms with Crippen LogP contribution in [0.4, 0.5) is 0 Å². The predicted molar refractivity (Wildman–Crippen MR) is 93.5 cm³/mol. The summed E-state index contributed by atoms with van der Waals surface area (Å²) in [6.07, 6.45) is 2.65. The summed E-state index contributed by atoms with van der Waals surface area (Å²) in [4.78, 5) is 13.5. The molecule has 0 aliphatic carbocycles. The van der Waals surface area contributed by atoms with Gasteiger partial charge in [-0.25, -0.2) is 4.68 Å². The van der Waals surface area contributed by atoms with Crippen LogP contribution in [-0.4, -0.2) is 52.0 Å². The Morgan fingerprint density at radius 3 is 2.83 bits per heavy atom. The van der Waals surface area contributed by atoms with Crippen LogP contribution in [0.1, 0.15) is 12.5 Å². The van der Waals surface area contributed by atoms with E-state index in [0.29, 0.717) is 6.54 Å². The number of nitrogens with two attached hydrogens (primary N) is 1. The standard InChI is InChI=1S/C16H22N4O3.ClH/c1-11(21)15(17)16(22)19(2)9-12-8-18-20(10-12)13-5-4-6-14(7-13)23-3;/h4-8,10-11,15,21H,9,17H2,1-3H3;1H/t11-,15+;/m1./s1. The Morgan fingerprint density at radius 1 is 1.50 bits per heavy atom. The third kappa shape index (κ3) is 4.70. The molecular weight excluding hydrogens is 332 g/mol. The highest BCUT2D eigenvalue weighted by atomic mass is 35.5. The van der Waals surface area contributed by atoms with Crippen LogP contribution < -0.4 is 10.5 Å². The lowest BCUT2D eigenvalue weighted by molar-refractivity contribution is -0.134. The number of halogens is 1. The van der Waals surface area contributed by atoms with Crippen molar-refractivity contribution in [3.8, 4) is 11.4 Å². The number of hydrogen-bond acceptors (Lipinski definition) is 5. The van der Waals surface area contributed by atoms with E-state index in [1.54, 1.807) is 25.0 Å². The molecule has 7 nitrogen and oxygen atoms in total. The summed E-state index contributed by atoms with van der Waals surface area (Å²) in [7, 11) is 3.26. The normalized spacial score (nSPS) is 12.9. The van der Waals surface area contributed by atoms with Crippen LogP contribution in [0, 0.1) is 0 Å². The highest BCUT2D eigenvalue weighted by molar-refractivity contribution is 5.85. The van der Waals surface area contributed by atoms with Crippen molar-refractivity contribution in [1.82, 2.24) is 14.7 Å². The maximum atomic E-state index is 12.0. The number of carbonyl (C=O) groups is 1. The minimum absolute atomic E-state index is 0. The Bertz CT molecular complexity index is 675. The monoisotopic (exact) mass is 354 g/mol. The molecule has 0 saturated carbocycles. The Balaban J connectivity index is 0.00000288. The Hall–Kier alpha value is -2.09. The largest absolute Gasteiger partial charge is 0.497 e. The van der Waals surface area contributed by atoms with E-state index in [4.69, 9.17) is 10.5 Å². The average Bonchev–Trinajstić information content (AvgIpc) is 3.01. The number of methoxy groups -OCH3 is 1. The minimum Gasteiger partial charge on any atom is -0.497 e. The Kier molecular flexibility index (Phi) is 7.21. The third-order valence-corrected chi connectivity index (χ3v) is 3.55. The molecule has 0 fully saturated rings. The zero-order chi connectivity index (χ0) is 17.0. The van der Waals surface area contributed by atoms with E-state index >= 15 is 0 Å². The van der Waals surface area contributed by atoms with Gasteiger partial charge in [-0.2, -0.15) is 5.10 Å². The van der Waals surface area contributed by atoms with Gasteiger partial charge in [0.05, 0.1) is 25.1 Å². The fourth-order valence-electron chi connectivity index (χ4n) is 2.15. The number of benzene rings is 1. The van der Waals surface area contributed by atoms with Gasteiger partial charge in [-0.3, -0.25) is 4.79 Å². The predicted octanol–water partition coefficient (Wildman–Crippen LogP) is 0.969. The van der Waals surface area contributed by atoms with Gasteiger partial charge >= 0.3 is 0 Å². The van der Waals surface area contributed by atoms with Gasteiger partial charge in [-0.05, 0) is 19.1 Å². The fourth-order valence-corrected chi connectivity index (χ4v) is 2.15. The van der Waals surface area contributed by atoms with Crippen molar-refractivity contribution in [2.24, 2.45) is 5.73 Å². The zero-order valence-electron chi connectivity index (χ0n) is 13.9. The van der Waals surface area contributed by atoms with Gasteiger partial charge in [0, 0.05) is 31.4 Å². The van der Waals surface area contributed by atoms with Crippen molar-refractivity contribution in [3.63, 3.8) is 0 Å². The van der Waals surface area contributed by atoms with E-state index in [0.717, 1.165) is 17.0 Å². The number of hydrogen-bond donors (Lipinski definition) is 2.